The van der Waals surface area contributed by atoms with Crippen molar-refractivity contribution < 1.29 is 0 Å². The predicted octanol–water partition coefficient (Wildman–Crippen LogP) is 4.55. The summed E-state index contributed by atoms with van der Waals surface area (Å²) >= 11 is 0. The zero-order valence-corrected chi connectivity index (χ0v) is 10.4. The number of nitrogens with one attached hydrogen (secondary N) is 1. The van der Waals surface area contributed by atoms with Gasteiger partial charge in [-0.3, -0.25) is 0 Å². The summed E-state index contributed by atoms with van der Waals surface area (Å²) in [5, 5.41) is 5.79. The lowest BCUT2D eigenvalue weighted by Crippen LogP contribution is -1.90. The first-order chi connectivity index (χ1) is 8.88. The van der Waals surface area contributed by atoms with E-state index < -0.39 is 0 Å². The second kappa shape index (κ2) is 4.53. The summed E-state index contributed by atoms with van der Waals surface area (Å²) in [7, 11) is 1.96. The lowest BCUT2D eigenvalue weighted by molar-refractivity contribution is 1.53. The highest BCUT2D eigenvalue weighted by atomic mass is 14.8. The van der Waals surface area contributed by atoms with E-state index in [1.54, 1.807) is 0 Å². The fourth-order valence-corrected chi connectivity index (χ4v) is 2.31. The van der Waals surface area contributed by atoms with E-state index in [4.69, 9.17) is 0 Å². The first-order valence-electron chi connectivity index (χ1n) is 6.14. The van der Waals surface area contributed by atoms with Crippen LogP contribution in [0.2, 0.25) is 0 Å². The van der Waals surface area contributed by atoms with Crippen LogP contribution in [0.4, 0.5) is 5.69 Å². The summed E-state index contributed by atoms with van der Waals surface area (Å²) < 4.78 is 0. The Labute approximate surface area is 107 Å². The molecule has 0 aliphatic rings. The molecule has 0 unspecified atom stereocenters. The molecule has 0 saturated heterocycles. The molecule has 0 radical (unpaired) electrons. The normalized spacial score (nSPS) is 10.5. The SMILES string of the molecule is CNc1cc(-c2ccccc2)c2ccccc2c1. The molecule has 0 atom stereocenters. The van der Waals surface area contributed by atoms with E-state index in [-0.39, 0.29) is 0 Å². The van der Waals surface area contributed by atoms with E-state index in [1.165, 1.54) is 21.9 Å². The van der Waals surface area contributed by atoms with Gasteiger partial charge in [0, 0.05) is 12.7 Å². The van der Waals surface area contributed by atoms with Crippen molar-refractivity contribution in [2.75, 3.05) is 12.4 Å². The lowest BCUT2D eigenvalue weighted by Gasteiger charge is -2.10. The highest BCUT2D eigenvalue weighted by Crippen LogP contribution is 2.31. The molecule has 0 fully saturated rings. The van der Waals surface area contributed by atoms with Gasteiger partial charge < -0.3 is 5.32 Å². The molecular formula is C17H15N. The monoisotopic (exact) mass is 233 g/mol. The zero-order valence-electron chi connectivity index (χ0n) is 10.4. The Balaban J connectivity index is 2.33. The number of rotatable bonds is 2. The smallest absolute Gasteiger partial charge is 0.0350 e. The molecule has 0 heterocycles. The van der Waals surface area contributed by atoms with Crippen molar-refractivity contribution in [3.8, 4) is 11.1 Å². The van der Waals surface area contributed by atoms with Crippen molar-refractivity contribution in [3.05, 3.63) is 66.7 Å². The Kier molecular flexibility index (Phi) is 2.73. The minimum Gasteiger partial charge on any atom is -0.388 e. The molecule has 0 aromatic heterocycles. The van der Waals surface area contributed by atoms with Crippen LogP contribution >= 0.6 is 0 Å². The standard InChI is InChI=1S/C17H15N/c1-18-15-11-14-9-5-6-10-16(14)17(12-15)13-7-3-2-4-8-13/h2-12,18H,1H3. The van der Waals surface area contributed by atoms with Crippen LogP contribution in [0.25, 0.3) is 21.9 Å². The molecule has 0 aliphatic heterocycles. The van der Waals surface area contributed by atoms with Crippen LogP contribution in [0.3, 0.4) is 0 Å². The maximum absolute atomic E-state index is 3.23. The molecule has 3 rings (SSSR count). The van der Waals surface area contributed by atoms with Gasteiger partial charge in [0.15, 0.2) is 0 Å². The number of hydrogen-bond donors (Lipinski definition) is 1. The summed E-state index contributed by atoms with van der Waals surface area (Å²) in [5.74, 6) is 0. The van der Waals surface area contributed by atoms with Gasteiger partial charge in [0.25, 0.3) is 0 Å². The summed E-state index contributed by atoms with van der Waals surface area (Å²) in [4.78, 5) is 0. The van der Waals surface area contributed by atoms with Crippen molar-refractivity contribution in [1.82, 2.24) is 0 Å². The van der Waals surface area contributed by atoms with Crippen LogP contribution < -0.4 is 5.32 Å². The minimum atomic E-state index is 1.15. The fourth-order valence-electron chi connectivity index (χ4n) is 2.31. The maximum Gasteiger partial charge on any atom is 0.0350 e. The summed E-state index contributed by atoms with van der Waals surface area (Å²) in [6, 6.07) is 23.4. The molecule has 18 heavy (non-hydrogen) atoms. The summed E-state index contributed by atoms with van der Waals surface area (Å²) in [6.07, 6.45) is 0. The number of hydrogen-bond acceptors (Lipinski definition) is 1. The molecule has 88 valence electrons. The highest BCUT2D eigenvalue weighted by Gasteiger charge is 2.05. The maximum atomic E-state index is 3.23. The number of benzene rings is 3. The number of anilines is 1. The fraction of sp³-hybridized carbons (Fsp3) is 0.0588. The molecule has 0 saturated carbocycles. The van der Waals surface area contributed by atoms with Gasteiger partial charge in [0.05, 0.1) is 0 Å². The molecule has 3 aromatic carbocycles. The molecule has 1 nitrogen and oxygen atoms in total. The van der Waals surface area contributed by atoms with E-state index in [2.05, 4.69) is 66.0 Å². The van der Waals surface area contributed by atoms with Crippen LogP contribution in [0.15, 0.2) is 66.7 Å². The van der Waals surface area contributed by atoms with Gasteiger partial charge in [-0.25, -0.2) is 0 Å². The Bertz CT molecular complexity index is 672. The van der Waals surface area contributed by atoms with Gasteiger partial charge in [0.1, 0.15) is 0 Å². The predicted molar refractivity (Wildman–Crippen MR) is 78.9 cm³/mol. The largest absolute Gasteiger partial charge is 0.388 e. The van der Waals surface area contributed by atoms with Crippen molar-refractivity contribution in [3.63, 3.8) is 0 Å². The van der Waals surface area contributed by atoms with Crippen molar-refractivity contribution in [2.24, 2.45) is 0 Å². The third-order valence-corrected chi connectivity index (χ3v) is 3.24. The van der Waals surface area contributed by atoms with Crippen molar-refractivity contribution in [1.29, 1.82) is 0 Å². The second-order valence-corrected chi connectivity index (χ2v) is 4.36. The van der Waals surface area contributed by atoms with Gasteiger partial charge >= 0.3 is 0 Å². The van der Waals surface area contributed by atoms with E-state index >= 15 is 0 Å². The van der Waals surface area contributed by atoms with Gasteiger partial charge in [0.2, 0.25) is 0 Å². The quantitative estimate of drug-likeness (QED) is 0.684. The van der Waals surface area contributed by atoms with Crippen molar-refractivity contribution in [2.45, 2.75) is 0 Å². The molecule has 0 bridgehead atoms. The van der Waals surface area contributed by atoms with Crippen LogP contribution in [0.5, 0.6) is 0 Å². The van der Waals surface area contributed by atoms with Gasteiger partial charge in [-0.05, 0) is 34.0 Å². The summed E-state index contributed by atoms with van der Waals surface area (Å²) in [6.45, 7) is 0. The van der Waals surface area contributed by atoms with Crippen LogP contribution in [-0.4, -0.2) is 7.05 Å². The topological polar surface area (TPSA) is 12.0 Å². The third kappa shape index (κ3) is 1.84. The summed E-state index contributed by atoms with van der Waals surface area (Å²) in [5.41, 5.74) is 3.68. The highest BCUT2D eigenvalue weighted by molar-refractivity contribution is 5.99. The van der Waals surface area contributed by atoms with Crippen molar-refractivity contribution >= 4 is 16.5 Å². The van der Waals surface area contributed by atoms with E-state index in [1.807, 2.05) is 13.1 Å². The van der Waals surface area contributed by atoms with E-state index in [0.29, 0.717) is 0 Å². The van der Waals surface area contributed by atoms with E-state index in [0.717, 1.165) is 5.69 Å². The van der Waals surface area contributed by atoms with Gasteiger partial charge in [-0.1, -0.05) is 54.6 Å². The van der Waals surface area contributed by atoms with Gasteiger partial charge in [-0.15, -0.1) is 0 Å². The zero-order chi connectivity index (χ0) is 12.4. The average molecular weight is 233 g/mol. The Morgan fingerprint density at radius 2 is 1.50 bits per heavy atom. The second-order valence-electron chi connectivity index (χ2n) is 4.36. The Hall–Kier alpha value is -2.28. The Morgan fingerprint density at radius 1 is 0.778 bits per heavy atom. The molecule has 1 N–H and O–H groups in total. The number of fused-ring (bicyclic) bond motifs is 1. The third-order valence-electron chi connectivity index (χ3n) is 3.24. The van der Waals surface area contributed by atoms with Gasteiger partial charge in [-0.2, -0.15) is 0 Å². The molecular weight excluding hydrogens is 218 g/mol. The van der Waals surface area contributed by atoms with Crippen LogP contribution in [-0.2, 0) is 0 Å². The van der Waals surface area contributed by atoms with Crippen LogP contribution in [0.1, 0.15) is 0 Å². The molecule has 0 amide bonds. The molecule has 0 spiro atoms. The molecule has 0 aliphatic carbocycles. The lowest BCUT2D eigenvalue weighted by atomic mass is 9.97. The Morgan fingerprint density at radius 3 is 2.28 bits per heavy atom. The first kappa shape index (κ1) is 10.8. The minimum absolute atomic E-state index is 1.15. The average Bonchev–Trinajstić information content (AvgIpc) is 2.47. The first-order valence-corrected chi connectivity index (χ1v) is 6.14. The molecule has 1 heteroatoms. The van der Waals surface area contributed by atoms with Crippen LogP contribution in [0, 0.1) is 0 Å². The molecule has 3 aromatic rings. The van der Waals surface area contributed by atoms with E-state index in [9.17, 15) is 0 Å².